The third kappa shape index (κ3) is 5.93. The molecule has 4 rings (SSSR count). The molecule has 0 aliphatic heterocycles. The van der Waals surface area contributed by atoms with Crippen molar-refractivity contribution in [3.63, 3.8) is 0 Å². The zero-order valence-corrected chi connectivity index (χ0v) is 18.3. The number of furan rings is 1. The fourth-order valence-electron chi connectivity index (χ4n) is 3.56. The van der Waals surface area contributed by atoms with Gasteiger partial charge >= 0.3 is 0 Å². The zero-order chi connectivity index (χ0) is 22.9. The van der Waals surface area contributed by atoms with E-state index in [1.165, 1.54) is 0 Å². The van der Waals surface area contributed by atoms with Crippen molar-refractivity contribution in [3.8, 4) is 35.0 Å². The van der Waals surface area contributed by atoms with E-state index in [0.717, 1.165) is 59.5 Å². The molecule has 3 aromatic carbocycles. The SMILES string of the molecule is N#Cc1ccc(OCCCCCCOc2cccc(-c3cc4cc(C#N)ccc4o3)c2)cc1. The largest absolute Gasteiger partial charge is 0.494 e. The van der Waals surface area contributed by atoms with Crippen molar-refractivity contribution in [3.05, 3.63) is 83.9 Å². The van der Waals surface area contributed by atoms with Crippen LogP contribution in [0.4, 0.5) is 0 Å². The van der Waals surface area contributed by atoms with Gasteiger partial charge in [0.2, 0.25) is 0 Å². The van der Waals surface area contributed by atoms with Gasteiger partial charge in [-0.05, 0) is 86.3 Å². The number of fused-ring (bicyclic) bond motifs is 1. The average molecular weight is 437 g/mol. The lowest BCUT2D eigenvalue weighted by Gasteiger charge is -2.08. The smallest absolute Gasteiger partial charge is 0.135 e. The molecule has 5 heteroatoms. The Hall–Kier alpha value is -4.22. The maximum Gasteiger partial charge on any atom is 0.135 e. The molecule has 0 fully saturated rings. The normalized spacial score (nSPS) is 10.5. The van der Waals surface area contributed by atoms with Gasteiger partial charge < -0.3 is 13.9 Å². The molecule has 0 radical (unpaired) electrons. The van der Waals surface area contributed by atoms with Crippen molar-refractivity contribution in [2.75, 3.05) is 13.2 Å². The Morgan fingerprint density at radius 3 is 2.09 bits per heavy atom. The summed E-state index contributed by atoms with van der Waals surface area (Å²) >= 11 is 0. The van der Waals surface area contributed by atoms with Crippen molar-refractivity contribution >= 4 is 11.0 Å². The summed E-state index contributed by atoms with van der Waals surface area (Å²) in [6, 6.07) is 26.7. The molecule has 1 aromatic heterocycles. The maximum absolute atomic E-state index is 9.07. The molecular weight excluding hydrogens is 412 g/mol. The summed E-state index contributed by atoms with van der Waals surface area (Å²) in [5.41, 5.74) is 2.97. The quantitative estimate of drug-likeness (QED) is 0.254. The van der Waals surface area contributed by atoms with Crippen molar-refractivity contribution in [2.45, 2.75) is 25.7 Å². The second-order valence-corrected chi connectivity index (χ2v) is 7.75. The summed E-state index contributed by atoms with van der Waals surface area (Å²) in [7, 11) is 0. The molecule has 0 amide bonds. The lowest BCUT2D eigenvalue weighted by atomic mass is 10.1. The van der Waals surface area contributed by atoms with Crippen LogP contribution >= 0.6 is 0 Å². The van der Waals surface area contributed by atoms with Crippen molar-refractivity contribution in [1.82, 2.24) is 0 Å². The van der Waals surface area contributed by atoms with Crippen LogP contribution in [-0.2, 0) is 0 Å². The highest BCUT2D eigenvalue weighted by Gasteiger charge is 2.08. The Balaban J connectivity index is 1.19. The van der Waals surface area contributed by atoms with E-state index in [9.17, 15) is 0 Å². The number of hydrogen-bond acceptors (Lipinski definition) is 5. The predicted molar refractivity (Wildman–Crippen MR) is 127 cm³/mol. The highest BCUT2D eigenvalue weighted by Crippen LogP contribution is 2.30. The van der Waals surface area contributed by atoms with Crippen molar-refractivity contribution in [1.29, 1.82) is 10.5 Å². The molecule has 0 saturated heterocycles. The first-order valence-corrected chi connectivity index (χ1v) is 11.0. The van der Waals surface area contributed by atoms with E-state index in [1.807, 2.05) is 54.6 Å². The van der Waals surface area contributed by atoms with Crippen LogP contribution < -0.4 is 9.47 Å². The summed E-state index contributed by atoms with van der Waals surface area (Å²) in [6.45, 7) is 1.33. The van der Waals surface area contributed by atoms with E-state index in [-0.39, 0.29) is 0 Å². The van der Waals surface area contributed by atoms with Gasteiger partial charge in [-0.25, -0.2) is 0 Å². The van der Waals surface area contributed by atoms with E-state index >= 15 is 0 Å². The summed E-state index contributed by atoms with van der Waals surface area (Å²) in [6.07, 6.45) is 4.10. The Labute approximate surface area is 193 Å². The zero-order valence-electron chi connectivity index (χ0n) is 18.3. The van der Waals surface area contributed by atoms with E-state index < -0.39 is 0 Å². The highest BCUT2D eigenvalue weighted by molar-refractivity contribution is 5.84. The molecule has 4 aromatic rings. The average Bonchev–Trinajstić information content (AvgIpc) is 3.29. The van der Waals surface area contributed by atoms with Gasteiger partial charge in [-0.3, -0.25) is 0 Å². The number of unbranched alkanes of at least 4 members (excludes halogenated alkanes) is 3. The van der Waals surface area contributed by atoms with Gasteiger partial charge in [-0.1, -0.05) is 12.1 Å². The number of benzene rings is 3. The molecule has 0 aliphatic rings. The van der Waals surface area contributed by atoms with Crippen LogP contribution in [0.2, 0.25) is 0 Å². The molecule has 1 heterocycles. The maximum atomic E-state index is 9.07. The second-order valence-electron chi connectivity index (χ2n) is 7.75. The summed E-state index contributed by atoms with van der Waals surface area (Å²) in [5, 5.41) is 18.8. The first-order valence-electron chi connectivity index (χ1n) is 11.0. The van der Waals surface area contributed by atoms with E-state index in [2.05, 4.69) is 12.1 Å². The number of nitrogens with zero attached hydrogens (tertiary/aromatic N) is 2. The minimum atomic E-state index is 0.618. The summed E-state index contributed by atoms with van der Waals surface area (Å²) in [4.78, 5) is 0. The third-order valence-electron chi connectivity index (χ3n) is 5.32. The Morgan fingerprint density at radius 2 is 1.36 bits per heavy atom. The summed E-state index contributed by atoms with van der Waals surface area (Å²) in [5.74, 6) is 2.37. The van der Waals surface area contributed by atoms with Crippen LogP contribution in [0.1, 0.15) is 36.8 Å². The fraction of sp³-hybridized carbons (Fsp3) is 0.214. The van der Waals surface area contributed by atoms with Gasteiger partial charge in [0.15, 0.2) is 0 Å². The Morgan fingerprint density at radius 1 is 0.667 bits per heavy atom. The van der Waals surface area contributed by atoms with Crippen LogP contribution in [0.15, 0.2) is 77.2 Å². The first kappa shape index (κ1) is 22.0. The van der Waals surface area contributed by atoms with Gasteiger partial charge in [-0.15, -0.1) is 0 Å². The minimum absolute atomic E-state index is 0.618. The molecule has 0 N–H and O–H groups in total. The molecule has 164 valence electrons. The lowest BCUT2D eigenvalue weighted by molar-refractivity contribution is 0.287. The Kier molecular flexibility index (Phi) is 7.25. The standard InChI is InChI=1S/C28H24N2O3/c29-19-21-8-11-25(12-9-21)31-14-3-1-2-4-15-32-26-7-5-6-23(17-26)28-18-24-16-22(20-30)10-13-27(24)33-28/h5-13,16-18H,1-4,14-15H2. The molecule has 0 spiro atoms. The minimum Gasteiger partial charge on any atom is -0.494 e. The van der Waals surface area contributed by atoms with E-state index in [1.54, 1.807) is 18.2 Å². The van der Waals surface area contributed by atoms with Gasteiger partial charge in [0.25, 0.3) is 0 Å². The molecule has 33 heavy (non-hydrogen) atoms. The number of hydrogen-bond donors (Lipinski definition) is 0. The van der Waals surface area contributed by atoms with Gasteiger partial charge in [0.1, 0.15) is 22.8 Å². The van der Waals surface area contributed by atoms with Crippen LogP contribution in [-0.4, -0.2) is 13.2 Å². The third-order valence-corrected chi connectivity index (χ3v) is 5.32. The van der Waals surface area contributed by atoms with Crippen molar-refractivity contribution < 1.29 is 13.9 Å². The molecule has 5 nitrogen and oxygen atoms in total. The summed E-state index contributed by atoms with van der Waals surface area (Å²) < 4.78 is 17.6. The highest BCUT2D eigenvalue weighted by atomic mass is 16.5. The van der Waals surface area contributed by atoms with Gasteiger partial charge in [-0.2, -0.15) is 10.5 Å². The van der Waals surface area contributed by atoms with E-state index in [0.29, 0.717) is 24.3 Å². The second kappa shape index (κ2) is 10.9. The van der Waals surface area contributed by atoms with Crippen molar-refractivity contribution in [2.24, 2.45) is 0 Å². The molecule has 0 bridgehead atoms. The van der Waals surface area contributed by atoms with Crippen LogP contribution in [0.5, 0.6) is 11.5 Å². The van der Waals surface area contributed by atoms with Crippen LogP contribution in [0.25, 0.3) is 22.3 Å². The van der Waals surface area contributed by atoms with Crippen LogP contribution in [0.3, 0.4) is 0 Å². The molecule has 0 saturated carbocycles. The lowest BCUT2D eigenvalue weighted by Crippen LogP contribution is -2.00. The van der Waals surface area contributed by atoms with Gasteiger partial charge in [0.05, 0.1) is 36.5 Å². The predicted octanol–water partition coefficient (Wildman–Crippen LogP) is 6.86. The van der Waals surface area contributed by atoms with Gasteiger partial charge in [0, 0.05) is 10.9 Å². The Bertz CT molecular complexity index is 1290. The number of nitriles is 2. The molecule has 0 aliphatic carbocycles. The molecular formula is C28H24N2O3. The van der Waals surface area contributed by atoms with Crippen LogP contribution in [0, 0.1) is 22.7 Å². The fourth-order valence-corrected chi connectivity index (χ4v) is 3.56. The topological polar surface area (TPSA) is 79.2 Å². The monoisotopic (exact) mass is 436 g/mol. The molecule has 0 unspecified atom stereocenters. The molecule has 0 atom stereocenters. The number of rotatable bonds is 10. The number of ether oxygens (including phenoxy) is 2. The first-order chi connectivity index (χ1) is 16.2. The van der Waals surface area contributed by atoms with E-state index in [4.69, 9.17) is 24.4 Å².